The van der Waals surface area contributed by atoms with Crippen LogP contribution in [0.2, 0.25) is 0 Å². The average Bonchev–Trinajstić information content (AvgIpc) is 2.83. The van der Waals surface area contributed by atoms with Crippen molar-refractivity contribution in [3.05, 3.63) is 89.6 Å². The maximum absolute atomic E-state index is 13.2. The monoisotopic (exact) mass is 473 g/mol. The van der Waals surface area contributed by atoms with Gasteiger partial charge in [0.15, 0.2) is 0 Å². The Morgan fingerprint density at radius 3 is 2.37 bits per heavy atom. The van der Waals surface area contributed by atoms with E-state index in [9.17, 15) is 14.7 Å². The fourth-order valence-corrected chi connectivity index (χ4v) is 4.71. The highest BCUT2D eigenvalue weighted by atomic mass is 16.6. The number of hydrogen-bond acceptors (Lipinski definition) is 5. The molecule has 2 unspecified atom stereocenters. The molecule has 1 aliphatic rings. The van der Waals surface area contributed by atoms with E-state index in [1.165, 1.54) is 6.20 Å². The number of carbonyl (C=O) groups excluding carboxylic acids is 2. The number of pyridine rings is 1. The van der Waals surface area contributed by atoms with Crippen LogP contribution in [0.4, 0.5) is 4.79 Å². The average molecular weight is 474 g/mol. The maximum Gasteiger partial charge on any atom is 0.411 e. The number of benzene rings is 2. The quantitative estimate of drug-likeness (QED) is 0.512. The molecular formula is C28H31N3O4. The summed E-state index contributed by atoms with van der Waals surface area (Å²) in [4.78, 5) is 30.5. The highest BCUT2D eigenvalue weighted by Gasteiger charge is 2.46. The smallest absolute Gasteiger partial charge is 0.411 e. The van der Waals surface area contributed by atoms with Gasteiger partial charge in [0.2, 0.25) is 5.91 Å². The summed E-state index contributed by atoms with van der Waals surface area (Å²) >= 11 is 0. The molecule has 1 saturated heterocycles. The van der Waals surface area contributed by atoms with Gasteiger partial charge in [0.05, 0.1) is 22.9 Å². The Bertz CT molecular complexity index is 1190. The number of carbonyl (C=O) groups is 2. The van der Waals surface area contributed by atoms with Crippen LogP contribution in [0, 0.1) is 0 Å². The Kier molecular flexibility index (Phi) is 6.63. The molecular weight excluding hydrogens is 442 g/mol. The van der Waals surface area contributed by atoms with Crippen LogP contribution in [0.5, 0.6) is 0 Å². The molecule has 2 amide bonds. The van der Waals surface area contributed by atoms with Gasteiger partial charge in [-0.2, -0.15) is 0 Å². The number of cyclic esters (lactones) is 1. The van der Waals surface area contributed by atoms with Crippen molar-refractivity contribution in [2.75, 3.05) is 6.54 Å². The van der Waals surface area contributed by atoms with E-state index in [1.807, 2.05) is 61.5 Å². The number of nitrogens with two attached hydrogens (primary N) is 1. The fourth-order valence-electron chi connectivity index (χ4n) is 4.71. The van der Waals surface area contributed by atoms with Gasteiger partial charge in [0.1, 0.15) is 5.60 Å². The van der Waals surface area contributed by atoms with Crippen molar-refractivity contribution in [1.29, 1.82) is 0 Å². The van der Waals surface area contributed by atoms with Gasteiger partial charge in [0, 0.05) is 31.1 Å². The largest absolute Gasteiger partial charge is 0.438 e. The van der Waals surface area contributed by atoms with Crippen molar-refractivity contribution in [2.45, 2.75) is 50.9 Å². The third-order valence-corrected chi connectivity index (χ3v) is 6.50. The molecule has 0 aliphatic carbocycles. The lowest BCUT2D eigenvalue weighted by Gasteiger charge is -2.45. The lowest BCUT2D eigenvalue weighted by molar-refractivity contribution is -0.101. The minimum atomic E-state index is -0.997. The normalized spacial score (nSPS) is 19.2. The molecule has 0 spiro atoms. The van der Waals surface area contributed by atoms with Crippen LogP contribution in [0.1, 0.15) is 61.1 Å². The molecule has 1 fully saturated rings. The molecule has 0 bridgehead atoms. The van der Waals surface area contributed by atoms with Crippen LogP contribution in [0.15, 0.2) is 72.9 Å². The zero-order valence-corrected chi connectivity index (χ0v) is 20.3. The standard InChI is InChI=1S/C28H31N3O4/c1-19(20-9-11-21(12-10-20)24-14-13-22(17-30-24)25(29)32)31-16-15-28(35-26(31)33,18-27(2,3)34)23-7-5-4-6-8-23/h4-14,17,19,34H,15-16,18H2,1-3H3,(H2,29,32). The first-order valence-electron chi connectivity index (χ1n) is 11.7. The van der Waals surface area contributed by atoms with Crippen LogP contribution in [0.25, 0.3) is 11.3 Å². The minimum absolute atomic E-state index is 0.197. The summed E-state index contributed by atoms with van der Waals surface area (Å²) in [5.41, 5.74) is 7.25. The lowest BCUT2D eigenvalue weighted by Crippen LogP contribution is -2.51. The van der Waals surface area contributed by atoms with E-state index >= 15 is 0 Å². The molecule has 35 heavy (non-hydrogen) atoms. The van der Waals surface area contributed by atoms with Crippen LogP contribution < -0.4 is 5.73 Å². The fraction of sp³-hybridized carbons (Fsp3) is 0.321. The van der Waals surface area contributed by atoms with Crippen molar-refractivity contribution in [3.63, 3.8) is 0 Å². The number of rotatable bonds is 7. The molecule has 4 rings (SSSR count). The van der Waals surface area contributed by atoms with E-state index in [1.54, 1.807) is 30.9 Å². The molecule has 2 heterocycles. The van der Waals surface area contributed by atoms with Crippen LogP contribution in [-0.2, 0) is 10.3 Å². The molecule has 7 nitrogen and oxygen atoms in total. The second-order valence-electron chi connectivity index (χ2n) is 9.76. The van der Waals surface area contributed by atoms with Gasteiger partial charge in [-0.15, -0.1) is 0 Å². The van der Waals surface area contributed by atoms with Gasteiger partial charge in [0.25, 0.3) is 0 Å². The van der Waals surface area contributed by atoms with E-state index in [0.717, 1.165) is 22.4 Å². The third kappa shape index (κ3) is 5.35. The number of amides is 2. The van der Waals surface area contributed by atoms with Gasteiger partial charge in [-0.3, -0.25) is 9.78 Å². The minimum Gasteiger partial charge on any atom is -0.438 e. The lowest BCUT2D eigenvalue weighted by atomic mass is 9.80. The number of hydrogen-bond donors (Lipinski definition) is 2. The predicted octanol–water partition coefficient (Wildman–Crippen LogP) is 4.81. The Morgan fingerprint density at radius 2 is 1.83 bits per heavy atom. The Hall–Kier alpha value is -3.71. The molecule has 1 aromatic heterocycles. The summed E-state index contributed by atoms with van der Waals surface area (Å²) in [7, 11) is 0. The van der Waals surface area contributed by atoms with E-state index in [-0.39, 0.29) is 6.04 Å². The number of aliphatic hydroxyl groups is 1. The second-order valence-corrected chi connectivity index (χ2v) is 9.76. The summed E-state index contributed by atoms with van der Waals surface area (Å²) in [6, 6.07) is 20.7. The molecule has 3 N–H and O–H groups in total. The summed E-state index contributed by atoms with van der Waals surface area (Å²) in [5, 5.41) is 10.6. The zero-order chi connectivity index (χ0) is 25.2. The number of primary amides is 1. The van der Waals surface area contributed by atoms with Gasteiger partial charge < -0.3 is 20.5 Å². The van der Waals surface area contributed by atoms with Crippen LogP contribution in [0.3, 0.4) is 0 Å². The topological polar surface area (TPSA) is 106 Å². The summed E-state index contributed by atoms with van der Waals surface area (Å²) in [5.74, 6) is -0.513. The maximum atomic E-state index is 13.2. The molecule has 3 aromatic rings. The van der Waals surface area contributed by atoms with Crippen LogP contribution in [-0.4, -0.2) is 39.1 Å². The highest BCUT2D eigenvalue weighted by Crippen LogP contribution is 2.42. The Labute approximate surface area is 205 Å². The summed E-state index contributed by atoms with van der Waals surface area (Å²) in [6.07, 6.45) is 1.95. The first-order chi connectivity index (χ1) is 16.6. The molecule has 1 aliphatic heterocycles. The summed E-state index contributed by atoms with van der Waals surface area (Å²) < 4.78 is 6.09. The van der Waals surface area contributed by atoms with Crippen molar-refractivity contribution < 1.29 is 19.4 Å². The highest BCUT2D eigenvalue weighted by molar-refractivity contribution is 5.92. The first-order valence-corrected chi connectivity index (χ1v) is 11.7. The molecule has 182 valence electrons. The van der Waals surface area contributed by atoms with E-state index < -0.39 is 23.2 Å². The van der Waals surface area contributed by atoms with Gasteiger partial charge in [-0.25, -0.2) is 4.79 Å². The third-order valence-electron chi connectivity index (χ3n) is 6.50. The van der Waals surface area contributed by atoms with E-state index in [2.05, 4.69) is 4.98 Å². The molecule has 7 heteroatoms. The van der Waals surface area contributed by atoms with E-state index in [4.69, 9.17) is 10.5 Å². The second kappa shape index (κ2) is 9.50. The molecule has 0 saturated carbocycles. The Balaban J connectivity index is 1.51. The van der Waals surface area contributed by atoms with Crippen LogP contribution >= 0.6 is 0 Å². The molecule has 2 aromatic carbocycles. The molecule has 0 radical (unpaired) electrons. The van der Waals surface area contributed by atoms with Gasteiger partial charge in [-0.05, 0) is 44.0 Å². The van der Waals surface area contributed by atoms with E-state index in [0.29, 0.717) is 24.9 Å². The van der Waals surface area contributed by atoms with Crippen molar-refractivity contribution in [2.24, 2.45) is 5.73 Å². The SMILES string of the molecule is CC(c1ccc(-c2ccc(C(N)=O)cn2)cc1)N1CCC(CC(C)(C)O)(c2ccccc2)OC1=O. The van der Waals surface area contributed by atoms with Gasteiger partial charge in [-0.1, -0.05) is 54.6 Å². The number of aromatic nitrogens is 1. The van der Waals surface area contributed by atoms with Crippen molar-refractivity contribution in [3.8, 4) is 11.3 Å². The first kappa shape index (κ1) is 24.4. The van der Waals surface area contributed by atoms with Gasteiger partial charge >= 0.3 is 6.09 Å². The van der Waals surface area contributed by atoms with Crippen molar-refractivity contribution in [1.82, 2.24) is 9.88 Å². The summed E-state index contributed by atoms with van der Waals surface area (Å²) in [6.45, 7) is 5.95. The predicted molar refractivity (Wildman–Crippen MR) is 133 cm³/mol. The number of nitrogens with zero attached hydrogens (tertiary/aromatic N) is 2. The number of ether oxygens (including phenoxy) is 1. The zero-order valence-electron chi connectivity index (χ0n) is 20.3. The molecule has 2 atom stereocenters. The Morgan fingerprint density at radius 1 is 1.14 bits per heavy atom. The van der Waals surface area contributed by atoms with Crippen molar-refractivity contribution >= 4 is 12.0 Å².